The van der Waals surface area contributed by atoms with E-state index in [0.29, 0.717) is 0 Å². The zero-order valence-electron chi connectivity index (χ0n) is 13.2. The van der Waals surface area contributed by atoms with Crippen LogP contribution >= 0.6 is 11.3 Å². The van der Waals surface area contributed by atoms with Crippen LogP contribution < -0.4 is 10.6 Å². The Morgan fingerprint density at radius 1 is 1.19 bits per heavy atom. The summed E-state index contributed by atoms with van der Waals surface area (Å²) in [5, 5.41) is 6.82. The number of anilines is 2. The molecule has 2 N–H and O–H groups in total. The van der Waals surface area contributed by atoms with Crippen LogP contribution in [0.1, 0.15) is 48.8 Å². The van der Waals surface area contributed by atoms with E-state index in [1.54, 1.807) is 0 Å². The molecule has 0 aliphatic carbocycles. The minimum absolute atomic E-state index is 0.252. The molecule has 2 rings (SSSR count). The van der Waals surface area contributed by atoms with Gasteiger partial charge in [0.2, 0.25) is 0 Å². The van der Waals surface area contributed by atoms with Crippen molar-refractivity contribution in [1.82, 2.24) is 9.97 Å². The van der Waals surface area contributed by atoms with Gasteiger partial charge in [-0.15, -0.1) is 11.3 Å². The van der Waals surface area contributed by atoms with Gasteiger partial charge in [-0.1, -0.05) is 13.8 Å². The number of hydrogen-bond acceptors (Lipinski definition) is 5. The third kappa shape index (κ3) is 4.43. The van der Waals surface area contributed by atoms with Crippen molar-refractivity contribution in [2.45, 2.75) is 46.6 Å². The van der Waals surface area contributed by atoms with E-state index in [9.17, 15) is 0 Å². The number of thiophene rings is 1. The zero-order chi connectivity index (χ0) is 15.2. The van der Waals surface area contributed by atoms with E-state index in [0.717, 1.165) is 36.8 Å². The molecule has 1 atom stereocenters. The van der Waals surface area contributed by atoms with Gasteiger partial charge in [-0.3, -0.25) is 0 Å². The fraction of sp³-hybridized carbons (Fsp3) is 0.500. The fourth-order valence-corrected chi connectivity index (χ4v) is 2.93. The smallest absolute Gasteiger partial charge is 0.132 e. The quantitative estimate of drug-likeness (QED) is 0.796. The molecule has 0 spiro atoms. The minimum Gasteiger partial charge on any atom is -0.370 e. The molecule has 0 radical (unpaired) electrons. The van der Waals surface area contributed by atoms with E-state index in [1.165, 1.54) is 9.75 Å². The lowest BCUT2D eigenvalue weighted by molar-refractivity contribution is 0.869. The molecular weight excluding hydrogens is 280 g/mol. The zero-order valence-corrected chi connectivity index (χ0v) is 14.0. The molecule has 2 heterocycles. The van der Waals surface area contributed by atoms with Gasteiger partial charge in [0.1, 0.15) is 17.5 Å². The number of hydrogen-bond donors (Lipinski definition) is 2. The second kappa shape index (κ2) is 7.41. The first-order valence-electron chi connectivity index (χ1n) is 7.57. The van der Waals surface area contributed by atoms with Crippen molar-refractivity contribution >= 4 is 23.0 Å². The Morgan fingerprint density at radius 3 is 2.57 bits per heavy atom. The Balaban J connectivity index is 2.14. The Hall–Kier alpha value is -1.62. The van der Waals surface area contributed by atoms with Crippen LogP contribution in [0.2, 0.25) is 0 Å². The number of nitrogens with one attached hydrogen (secondary N) is 2. The van der Waals surface area contributed by atoms with Gasteiger partial charge < -0.3 is 10.6 Å². The maximum atomic E-state index is 4.57. The summed E-state index contributed by atoms with van der Waals surface area (Å²) in [6.45, 7) is 9.45. The summed E-state index contributed by atoms with van der Waals surface area (Å²) in [6.07, 6.45) is 1.92. The molecule has 0 aliphatic heterocycles. The van der Waals surface area contributed by atoms with Crippen LogP contribution in [0.3, 0.4) is 0 Å². The normalized spacial score (nSPS) is 12.2. The van der Waals surface area contributed by atoms with Gasteiger partial charge in [0.15, 0.2) is 0 Å². The molecule has 0 saturated carbocycles. The van der Waals surface area contributed by atoms with Crippen molar-refractivity contribution in [3.63, 3.8) is 0 Å². The van der Waals surface area contributed by atoms with Crippen molar-refractivity contribution in [3.05, 3.63) is 33.8 Å². The topological polar surface area (TPSA) is 49.8 Å². The van der Waals surface area contributed by atoms with Crippen LogP contribution in [0.4, 0.5) is 11.6 Å². The largest absolute Gasteiger partial charge is 0.370 e. The Labute approximate surface area is 131 Å². The highest BCUT2D eigenvalue weighted by molar-refractivity contribution is 7.12. The van der Waals surface area contributed by atoms with E-state index >= 15 is 0 Å². The Morgan fingerprint density at radius 2 is 1.95 bits per heavy atom. The summed E-state index contributed by atoms with van der Waals surface area (Å²) in [7, 11) is 0. The molecule has 0 bridgehead atoms. The maximum Gasteiger partial charge on any atom is 0.132 e. The Bertz CT molecular complexity index is 579. The van der Waals surface area contributed by atoms with Gasteiger partial charge in [-0.2, -0.15) is 0 Å². The van der Waals surface area contributed by atoms with Gasteiger partial charge >= 0.3 is 0 Å². The number of aryl methyl sites for hydroxylation is 2. The van der Waals surface area contributed by atoms with Crippen molar-refractivity contribution in [1.29, 1.82) is 0 Å². The molecule has 0 aliphatic rings. The van der Waals surface area contributed by atoms with Gasteiger partial charge in [0, 0.05) is 28.8 Å². The third-order valence-electron chi connectivity index (χ3n) is 3.20. The summed E-state index contributed by atoms with van der Waals surface area (Å²) >= 11 is 1.82. The van der Waals surface area contributed by atoms with E-state index in [-0.39, 0.29) is 6.04 Å². The first-order valence-corrected chi connectivity index (χ1v) is 8.38. The molecule has 21 heavy (non-hydrogen) atoms. The van der Waals surface area contributed by atoms with Gasteiger partial charge in [-0.05, 0) is 32.4 Å². The first kappa shape index (κ1) is 15.8. The van der Waals surface area contributed by atoms with E-state index in [2.05, 4.69) is 60.4 Å². The number of aromatic nitrogens is 2. The lowest BCUT2D eigenvalue weighted by Crippen LogP contribution is -2.10. The molecule has 2 aromatic heterocycles. The van der Waals surface area contributed by atoms with Gasteiger partial charge in [-0.25, -0.2) is 9.97 Å². The second-order valence-corrected chi connectivity index (χ2v) is 6.47. The van der Waals surface area contributed by atoms with E-state index in [4.69, 9.17) is 0 Å². The molecule has 0 aromatic carbocycles. The average Bonchev–Trinajstić information content (AvgIpc) is 2.91. The van der Waals surface area contributed by atoms with Crippen LogP contribution in [0.25, 0.3) is 0 Å². The molecule has 1 unspecified atom stereocenters. The van der Waals surface area contributed by atoms with Crippen molar-refractivity contribution < 1.29 is 0 Å². The van der Waals surface area contributed by atoms with Gasteiger partial charge in [0.05, 0.1) is 6.04 Å². The van der Waals surface area contributed by atoms with Crippen molar-refractivity contribution in [2.24, 2.45) is 0 Å². The second-order valence-electron chi connectivity index (χ2n) is 5.15. The summed E-state index contributed by atoms with van der Waals surface area (Å²) < 4.78 is 0. The summed E-state index contributed by atoms with van der Waals surface area (Å²) in [4.78, 5) is 11.7. The predicted molar refractivity (Wildman–Crippen MR) is 91.3 cm³/mol. The standard InChI is InChI=1S/C16H24N4S/c1-5-9-17-15-10-16(20-14(6-2)19-15)18-12(4)13-8-7-11(3)21-13/h7-8,10,12H,5-6,9H2,1-4H3,(H2,17,18,19,20). The number of nitrogens with zero attached hydrogens (tertiary/aromatic N) is 2. The van der Waals surface area contributed by atoms with Crippen LogP contribution in [0, 0.1) is 6.92 Å². The Kier molecular flexibility index (Phi) is 5.56. The van der Waals surface area contributed by atoms with E-state index in [1.807, 2.05) is 17.4 Å². The van der Waals surface area contributed by atoms with Crippen LogP contribution in [0.5, 0.6) is 0 Å². The van der Waals surface area contributed by atoms with E-state index < -0.39 is 0 Å². The lowest BCUT2D eigenvalue weighted by Gasteiger charge is -2.15. The molecule has 114 valence electrons. The SMILES string of the molecule is CCCNc1cc(NC(C)c2ccc(C)s2)nc(CC)n1. The van der Waals surface area contributed by atoms with Crippen LogP contribution in [0.15, 0.2) is 18.2 Å². The molecule has 5 heteroatoms. The summed E-state index contributed by atoms with van der Waals surface area (Å²) in [5.74, 6) is 2.66. The lowest BCUT2D eigenvalue weighted by atomic mass is 10.2. The van der Waals surface area contributed by atoms with Crippen LogP contribution in [-0.2, 0) is 6.42 Å². The summed E-state index contributed by atoms with van der Waals surface area (Å²) in [6, 6.07) is 6.58. The maximum absolute atomic E-state index is 4.57. The molecule has 0 fully saturated rings. The molecule has 0 amide bonds. The molecule has 2 aromatic rings. The highest BCUT2D eigenvalue weighted by Gasteiger charge is 2.10. The third-order valence-corrected chi connectivity index (χ3v) is 4.38. The fourth-order valence-electron chi connectivity index (χ4n) is 2.05. The number of rotatable bonds is 7. The average molecular weight is 304 g/mol. The molecule has 4 nitrogen and oxygen atoms in total. The van der Waals surface area contributed by atoms with Crippen LogP contribution in [-0.4, -0.2) is 16.5 Å². The molecular formula is C16H24N4S. The monoisotopic (exact) mass is 304 g/mol. The summed E-state index contributed by atoms with van der Waals surface area (Å²) in [5.41, 5.74) is 0. The van der Waals surface area contributed by atoms with Crippen molar-refractivity contribution in [2.75, 3.05) is 17.2 Å². The minimum atomic E-state index is 0.252. The molecule has 0 saturated heterocycles. The van der Waals surface area contributed by atoms with Crippen molar-refractivity contribution in [3.8, 4) is 0 Å². The first-order chi connectivity index (χ1) is 10.1. The van der Waals surface area contributed by atoms with Gasteiger partial charge in [0.25, 0.3) is 0 Å². The highest BCUT2D eigenvalue weighted by Crippen LogP contribution is 2.25. The predicted octanol–water partition coefficient (Wildman–Crippen LogP) is 4.40. The highest BCUT2D eigenvalue weighted by atomic mass is 32.1.